The van der Waals surface area contributed by atoms with Crippen LogP contribution in [0.5, 0.6) is 5.75 Å². The average Bonchev–Trinajstić information content (AvgIpc) is 2.46. The molecule has 0 saturated heterocycles. The smallest absolute Gasteiger partial charge is 0.412 e. The number of carbonyl (C=O) groups is 2. The van der Waals surface area contributed by atoms with E-state index in [2.05, 4.69) is 5.32 Å². The lowest BCUT2D eigenvalue weighted by Gasteiger charge is -2.20. The molecule has 0 heterocycles. The Morgan fingerprint density at radius 2 is 1.96 bits per heavy atom. The van der Waals surface area contributed by atoms with E-state index in [1.54, 1.807) is 39.0 Å². The van der Waals surface area contributed by atoms with E-state index in [1.807, 2.05) is 6.92 Å². The first-order valence-corrected chi connectivity index (χ1v) is 8.62. The summed E-state index contributed by atoms with van der Waals surface area (Å²) in [6, 6.07) is 5.25. The molecule has 0 aliphatic rings. The summed E-state index contributed by atoms with van der Waals surface area (Å²) in [5.74, 6) is 1.18. The highest BCUT2D eigenvalue weighted by molar-refractivity contribution is 6.17. The van der Waals surface area contributed by atoms with Gasteiger partial charge in [-0.1, -0.05) is 0 Å². The third-order valence-corrected chi connectivity index (χ3v) is 3.27. The summed E-state index contributed by atoms with van der Waals surface area (Å²) >= 11 is 5.63. The van der Waals surface area contributed by atoms with Gasteiger partial charge < -0.3 is 9.47 Å². The van der Waals surface area contributed by atoms with Gasteiger partial charge in [0, 0.05) is 24.4 Å². The van der Waals surface area contributed by atoms with Crippen LogP contribution in [0.15, 0.2) is 18.2 Å². The van der Waals surface area contributed by atoms with Crippen LogP contribution in [0.25, 0.3) is 0 Å². The summed E-state index contributed by atoms with van der Waals surface area (Å²) in [5, 5.41) is 2.70. The summed E-state index contributed by atoms with van der Waals surface area (Å²) in [7, 11) is 0. The first kappa shape index (κ1) is 20.3. The molecular formula is C18H26ClNO4. The Hall–Kier alpha value is -1.75. The maximum absolute atomic E-state index is 12.1. The molecule has 5 nitrogen and oxygen atoms in total. The molecule has 0 aliphatic carbocycles. The number of amides is 1. The van der Waals surface area contributed by atoms with Gasteiger partial charge in [-0.15, -0.1) is 11.6 Å². The molecule has 0 atom stereocenters. The minimum Gasteiger partial charge on any atom is -0.494 e. The fraction of sp³-hybridized carbons (Fsp3) is 0.556. The van der Waals surface area contributed by atoms with Gasteiger partial charge in [-0.3, -0.25) is 10.1 Å². The van der Waals surface area contributed by atoms with Crippen molar-refractivity contribution in [2.45, 2.75) is 52.6 Å². The molecule has 0 radical (unpaired) electrons. The molecule has 0 aliphatic heterocycles. The fourth-order valence-electron chi connectivity index (χ4n) is 2.07. The van der Waals surface area contributed by atoms with E-state index in [4.69, 9.17) is 21.1 Å². The fourth-order valence-corrected chi connectivity index (χ4v) is 2.21. The van der Waals surface area contributed by atoms with E-state index in [0.717, 1.165) is 0 Å². The second kappa shape index (κ2) is 9.52. The van der Waals surface area contributed by atoms with Crippen LogP contribution in [0.2, 0.25) is 0 Å². The predicted molar refractivity (Wildman–Crippen MR) is 96.1 cm³/mol. The molecule has 0 saturated carbocycles. The molecule has 1 aromatic carbocycles. The Bertz CT molecular complexity index is 567. The molecule has 1 aromatic rings. The molecule has 1 amide bonds. The van der Waals surface area contributed by atoms with Gasteiger partial charge in [-0.2, -0.15) is 0 Å². The molecule has 1 N–H and O–H groups in total. The molecule has 6 heteroatoms. The van der Waals surface area contributed by atoms with Crippen molar-refractivity contribution in [1.29, 1.82) is 0 Å². The van der Waals surface area contributed by atoms with E-state index in [1.165, 1.54) is 0 Å². The zero-order chi connectivity index (χ0) is 18.2. The van der Waals surface area contributed by atoms with Crippen LogP contribution < -0.4 is 10.1 Å². The monoisotopic (exact) mass is 355 g/mol. The van der Waals surface area contributed by atoms with Crippen molar-refractivity contribution in [3.05, 3.63) is 23.8 Å². The standard InChI is InChI=1S/C18H26ClNO4/c1-5-23-15-8-9-16(20-17(22)24-18(2,3)4)13(12-15)11-14(21)7-6-10-19/h8-9,12H,5-7,10-11H2,1-4H3,(H,20,22). The SMILES string of the molecule is CCOc1ccc(NC(=O)OC(C)(C)C)c(CC(=O)CCCCl)c1. The predicted octanol–water partition coefficient (Wildman–Crippen LogP) is 4.56. The summed E-state index contributed by atoms with van der Waals surface area (Å²) in [6.07, 6.45) is 0.707. The molecule has 0 aromatic heterocycles. The molecule has 0 unspecified atom stereocenters. The van der Waals surface area contributed by atoms with Gasteiger partial charge in [0.15, 0.2) is 0 Å². The second-order valence-electron chi connectivity index (χ2n) is 6.39. The summed E-state index contributed by atoms with van der Waals surface area (Å²) in [4.78, 5) is 24.0. The van der Waals surface area contributed by atoms with E-state index >= 15 is 0 Å². The lowest BCUT2D eigenvalue weighted by atomic mass is 10.0. The Labute approximate surface area is 148 Å². The van der Waals surface area contributed by atoms with Crippen molar-refractivity contribution in [1.82, 2.24) is 0 Å². The number of hydrogen-bond donors (Lipinski definition) is 1. The Kier molecular flexibility index (Phi) is 8.05. The van der Waals surface area contributed by atoms with Crippen LogP contribution in [0.1, 0.15) is 46.1 Å². The highest BCUT2D eigenvalue weighted by Crippen LogP contribution is 2.24. The van der Waals surface area contributed by atoms with Gasteiger partial charge in [0.2, 0.25) is 0 Å². The minimum absolute atomic E-state index is 0.0662. The van der Waals surface area contributed by atoms with E-state index < -0.39 is 11.7 Å². The van der Waals surface area contributed by atoms with Gasteiger partial charge in [-0.05, 0) is 57.9 Å². The number of carbonyl (C=O) groups excluding carboxylic acids is 2. The average molecular weight is 356 g/mol. The number of ether oxygens (including phenoxy) is 2. The maximum atomic E-state index is 12.1. The normalized spacial score (nSPS) is 11.0. The number of rotatable bonds is 8. The molecular weight excluding hydrogens is 330 g/mol. The van der Waals surface area contributed by atoms with Crippen LogP contribution >= 0.6 is 11.6 Å². The lowest BCUT2D eigenvalue weighted by molar-refractivity contribution is -0.118. The number of benzene rings is 1. The lowest BCUT2D eigenvalue weighted by Crippen LogP contribution is -2.27. The number of Topliss-reactive ketones (excluding diaryl/α,β-unsaturated/α-hetero) is 1. The Morgan fingerprint density at radius 3 is 2.54 bits per heavy atom. The number of halogens is 1. The van der Waals surface area contributed by atoms with Gasteiger partial charge in [0.1, 0.15) is 17.1 Å². The van der Waals surface area contributed by atoms with Gasteiger partial charge >= 0.3 is 6.09 Å². The summed E-state index contributed by atoms with van der Waals surface area (Å²) in [5.41, 5.74) is 0.657. The molecule has 0 spiro atoms. The molecule has 134 valence electrons. The van der Waals surface area contributed by atoms with E-state index in [-0.39, 0.29) is 12.2 Å². The summed E-state index contributed by atoms with van der Waals surface area (Å²) in [6.45, 7) is 7.79. The van der Waals surface area contributed by atoms with Gasteiger partial charge in [-0.25, -0.2) is 4.79 Å². The van der Waals surface area contributed by atoms with Crippen LogP contribution in [-0.2, 0) is 16.0 Å². The highest BCUT2D eigenvalue weighted by Gasteiger charge is 2.18. The van der Waals surface area contributed by atoms with E-state index in [0.29, 0.717) is 42.3 Å². The van der Waals surface area contributed by atoms with Crippen molar-refractivity contribution in [2.24, 2.45) is 0 Å². The van der Waals surface area contributed by atoms with Crippen molar-refractivity contribution < 1.29 is 19.1 Å². The number of alkyl halides is 1. The second-order valence-corrected chi connectivity index (χ2v) is 6.76. The van der Waals surface area contributed by atoms with Gasteiger partial charge in [0.25, 0.3) is 0 Å². The number of anilines is 1. The van der Waals surface area contributed by atoms with Crippen LogP contribution in [0.3, 0.4) is 0 Å². The molecule has 24 heavy (non-hydrogen) atoms. The van der Waals surface area contributed by atoms with Crippen molar-refractivity contribution in [2.75, 3.05) is 17.8 Å². The van der Waals surface area contributed by atoms with E-state index in [9.17, 15) is 9.59 Å². The first-order valence-electron chi connectivity index (χ1n) is 8.08. The van der Waals surface area contributed by atoms with Crippen molar-refractivity contribution in [3.63, 3.8) is 0 Å². The largest absolute Gasteiger partial charge is 0.494 e. The minimum atomic E-state index is -0.592. The van der Waals surface area contributed by atoms with Crippen molar-refractivity contribution >= 4 is 29.2 Å². The highest BCUT2D eigenvalue weighted by atomic mass is 35.5. The third kappa shape index (κ3) is 7.68. The number of nitrogens with one attached hydrogen (secondary N) is 1. The Balaban J connectivity index is 2.92. The van der Waals surface area contributed by atoms with Crippen LogP contribution in [0.4, 0.5) is 10.5 Å². The summed E-state index contributed by atoms with van der Waals surface area (Å²) < 4.78 is 10.7. The van der Waals surface area contributed by atoms with Crippen LogP contribution in [-0.4, -0.2) is 30.0 Å². The van der Waals surface area contributed by atoms with Crippen molar-refractivity contribution in [3.8, 4) is 5.75 Å². The maximum Gasteiger partial charge on any atom is 0.412 e. The third-order valence-electron chi connectivity index (χ3n) is 3.00. The first-order chi connectivity index (χ1) is 11.2. The molecule has 0 fully saturated rings. The topological polar surface area (TPSA) is 64.6 Å². The van der Waals surface area contributed by atoms with Gasteiger partial charge in [0.05, 0.1) is 6.61 Å². The Morgan fingerprint density at radius 1 is 1.25 bits per heavy atom. The van der Waals surface area contributed by atoms with Crippen LogP contribution in [0, 0.1) is 0 Å². The molecule has 1 rings (SSSR count). The number of hydrogen-bond acceptors (Lipinski definition) is 4. The number of ketones is 1. The molecule has 0 bridgehead atoms. The zero-order valence-electron chi connectivity index (χ0n) is 14.8. The zero-order valence-corrected chi connectivity index (χ0v) is 15.5. The quantitative estimate of drug-likeness (QED) is 0.694.